The van der Waals surface area contributed by atoms with Gasteiger partial charge in [-0.1, -0.05) is 26.8 Å². The molecule has 2 amide bonds. The van der Waals surface area contributed by atoms with Gasteiger partial charge in [-0.2, -0.15) is 0 Å². The van der Waals surface area contributed by atoms with Gasteiger partial charge in [0.15, 0.2) is 0 Å². The van der Waals surface area contributed by atoms with Gasteiger partial charge in [0, 0.05) is 25.2 Å². The summed E-state index contributed by atoms with van der Waals surface area (Å²) in [6, 6.07) is -0.798. The predicted octanol–water partition coefficient (Wildman–Crippen LogP) is 3.32. The SMILES string of the molecule is C=CCN(C(=O)[C@H]1N(CCCCCO)C(=O)[C@@H]2[C@@H](C(=O)OCC)[C@H]3CC[C@]21O3)C(C)(C)CC(C)(C)C. The second kappa shape index (κ2) is 10.8. The van der Waals surface area contributed by atoms with Crippen LogP contribution < -0.4 is 0 Å². The second-order valence-electron chi connectivity index (χ2n) is 12.4. The van der Waals surface area contributed by atoms with E-state index in [2.05, 4.69) is 41.2 Å². The van der Waals surface area contributed by atoms with Crippen LogP contribution in [0.4, 0.5) is 0 Å². The first kappa shape index (κ1) is 28.6. The molecule has 0 unspecified atom stereocenters. The highest BCUT2D eigenvalue weighted by Gasteiger charge is 2.75. The first-order valence-electron chi connectivity index (χ1n) is 13.5. The first-order valence-corrected chi connectivity index (χ1v) is 13.5. The molecule has 204 valence electrons. The topological polar surface area (TPSA) is 96.4 Å². The molecule has 3 fully saturated rings. The number of ether oxygens (including phenoxy) is 2. The van der Waals surface area contributed by atoms with Crippen LogP contribution in [0.15, 0.2) is 12.7 Å². The van der Waals surface area contributed by atoms with E-state index < -0.39 is 41.1 Å². The van der Waals surface area contributed by atoms with Crippen LogP contribution in [0.25, 0.3) is 0 Å². The average Bonchev–Trinajstić information content (AvgIpc) is 3.40. The number of hydrogen-bond donors (Lipinski definition) is 1. The van der Waals surface area contributed by atoms with E-state index in [0.29, 0.717) is 38.8 Å². The fourth-order valence-corrected chi connectivity index (χ4v) is 7.06. The maximum atomic E-state index is 14.5. The van der Waals surface area contributed by atoms with Crippen molar-refractivity contribution in [2.75, 3.05) is 26.3 Å². The molecule has 3 aliphatic rings. The van der Waals surface area contributed by atoms with Crippen molar-refractivity contribution in [2.24, 2.45) is 17.3 Å². The second-order valence-corrected chi connectivity index (χ2v) is 12.4. The summed E-state index contributed by atoms with van der Waals surface area (Å²) in [6.45, 7) is 17.3. The van der Waals surface area contributed by atoms with Crippen LogP contribution in [-0.2, 0) is 23.9 Å². The van der Waals surface area contributed by atoms with Gasteiger partial charge < -0.3 is 24.4 Å². The molecule has 3 rings (SSSR count). The average molecular weight is 507 g/mol. The van der Waals surface area contributed by atoms with Gasteiger partial charge in [0.25, 0.3) is 0 Å². The monoisotopic (exact) mass is 506 g/mol. The number of hydrogen-bond acceptors (Lipinski definition) is 6. The van der Waals surface area contributed by atoms with Crippen molar-refractivity contribution in [3.8, 4) is 0 Å². The zero-order valence-electron chi connectivity index (χ0n) is 23.0. The quantitative estimate of drug-likeness (QED) is 0.248. The number of fused-ring (bicyclic) bond motifs is 1. The van der Waals surface area contributed by atoms with Crippen molar-refractivity contribution in [1.29, 1.82) is 0 Å². The third-order valence-electron chi connectivity index (χ3n) is 7.92. The van der Waals surface area contributed by atoms with Gasteiger partial charge in [0.2, 0.25) is 11.8 Å². The molecule has 2 bridgehead atoms. The molecule has 0 aliphatic carbocycles. The fraction of sp³-hybridized carbons (Fsp3) is 0.821. The molecule has 0 radical (unpaired) electrons. The summed E-state index contributed by atoms with van der Waals surface area (Å²) in [6.07, 6.45) is 5.34. The van der Waals surface area contributed by atoms with Crippen molar-refractivity contribution in [1.82, 2.24) is 9.80 Å². The number of amides is 2. The number of esters is 1. The summed E-state index contributed by atoms with van der Waals surface area (Å²) in [5, 5.41) is 9.20. The highest BCUT2D eigenvalue weighted by Crippen LogP contribution is 2.59. The highest BCUT2D eigenvalue weighted by atomic mass is 16.6. The summed E-state index contributed by atoms with van der Waals surface area (Å²) in [4.78, 5) is 44.9. The van der Waals surface area contributed by atoms with Crippen molar-refractivity contribution in [2.45, 2.75) is 103 Å². The Bertz CT molecular complexity index is 849. The predicted molar refractivity (Wildman–Crippen MR) is 137 cm³/mol. The zero-order valence-corrected chi connectivity index (χ0v) is 23.0. The van der Waals surface area contributed by atoms with Crippen LogP contribution in [0.5, 0.6) is 0 Å². The molecule has 0 aromatic rings. The van der Waals surface area contributed by atoms with Gasteiger partial charge in [-0.25, -0.2) is 0 Å². The molecule has 1 N–H and O–H groups in total. The van der Waals surface area contributed by atoms with Crippen LogP contribution in [-0.4, -0.2) is 82.3 Å². The molecular formula is C28H46N2O6. The van der Waals surface area contributed by atoms with Crippen molar-refractivity contribution >= 4 is 17.8 Å². The molecule has 5 atom stereocenters. The summed E-state index contributed by atoms with van der Waals surface area (Å²) in [5.74, 6) is -2.14. The molecule has 3 aliphatic heterocycles. The molecule has 0 saturated carbocycles. The van der Waals surface area contributed by atoms with Gasteiger partial charge in [-0.15, -0.1) is 6.58 Å². The molecule has 8 heteroatoms. The molecule has 3 heterocycles. The van der Waals surface area contributed by atoms with Crippen LogP contribution >= 0.6 is 0 Å². The number of nitrogens with zero attached hydrogens (tertiary/aromatic N) is 2. The van der Waals surface area contributed by atoms with Crippen LogP contribution in [0.3, 0.4) is 0 Å². The third-order valence-corrected chi connectivity index (χ3v) is 7.92. The largest absolute Gasteiger partial charge is 0.466 e. The summed E-state index contributed by atoms with van der Waals surface area (Å²) >= 11 is 0. The summed E-state index contributed by atoms with van der Waals surface area (Å²) in [7, 11) is 0. The Morgan fingerprint density at radius 3 is 2.53 bits per heavy atom. The fourth-order valence-electron chi connectivity index (χ4n) is 7.06. The van der Waals surface area contributed by atoms with E-state index >= 15 is 0 Å². The lowest BCUT2D eigenvalue weighted by molar-refractivity contribution is -0.155. The lowest BCUT2D eigenvalue weighted by Crippen LogP contribution is -2.61. The Kier molecular flexibility index (Phi) is 8.61. The minimum Gasteiger partial charge on any atom is -0.466 e. The van der Waals surface area contributed by atoms with Gasteiger partial charge in [-0.05, 0) is 64.7 Å². The maximum Gasteiger partial charge on any atom is 0.312 e. The molecular weight excluding hydrogens is 460 g/mol. The van der Waals surface area contributed by atoms with E-state index in [4.69, 9.17) is 9.47 Å². The van der Waals surface area contributed by atoms with E-state index in [1.54, 1.807) is 17.9 Å². The van der Waals surface area contributed by atoms with Crippen LogP contribution in [0, 0.1) is 17.3 Å². The molecule has 36 heavy (non-hydrogen) atoms. The maximum absolute atomic E-state index is 14.5. The number of carbonyl (C=O) groups excluding carboxylic acids is 3. The minimum atomic E-state index is -1.02. The standard InChI is InChI=1S/C28H46N2O6/c1-8-15-30(27(6,7)18-26(3,4)5)24(33)22-28-14-13-19(36-28)20(25(34)35-9-2)21(28)23(32)29(22)16-11-10-12-17-31/h8,19-22,31H,1,9-18H2,2-7H3/t19-,20+,21+,22-,28+/m1/s1. The van der Waals surface area contributed by atoms with Crippen molar-refractivity contribution in [3.63, 3.8) is 0 Å². The highest BCUT2D eigenvalue weighted by molar-refractivity contribution is 5.98. The van der Waals surface area contributed by atoms with Crippen LogP contribution in [0.2, 0.25) is 0 Å². The third kappa shape index (κ3) is 5.21. The Balaban J connectivity index is 2.02. The van der Waals surface area contributed by atoms with E-state index in [1.807, 2.05) is 4.90 Å². The smallest absolute Gasteiger partial charge is 0.312 e. The number of likely N-dealkylation sites (tertiary alicyclic amines) is 1. The lowest BCUT2D eigenvalue weighted by Gasteiger charge is -2.45. The van der Waals surface area contributed by atoms with E-state index in [9.17, 15) is 19.5 Å². The van der Waals surface area contributed by atoms with Crippen molar-refractivity contribution in [3.05, 3.63) is 12.7 Å². The van der Waals surface area contributed by atoms with Crippen molar-refractivity contribution < 1.29 is 29.0 Å². The number of rotatable bonds is 12. The Labute approximate surface area is 216 Å². The zero-order chi connectivity index (χ0) is 26.9. The Morgan fingerprint density at radius 2 is 1.94 bits per heavy atom. The van der Waals surface area contributed by atoms with E-state index in [-0.39, 0.29) is 30.4 Å². The van der Waals surface area contributed by atoms with Gasteiger partial charge in [-0.3, -0.25) is 14.4 Å². The normalized spacial score (nSPS) is 29.4. The molecule has 1 spiro atoms. The van der Waals surface area contributed by atoms with E-state index in [1.165, 1.54) is 0 Å². The summed E-state index contributed by atoms with van der Waals surface area (Å²) in [5.41, 5.74) is -1.53. The Hall–Kier alpha value is -1.93. The number of aliphatic hydroxyl groups excluding tert-OH is 1. The lowest BCUT2D eigenvalue weighted by atomic mass is 9.70. The summed E-state index contributed by atoms with van der Waals surface area (Å²) < 4.78 is 11.8. The minimum absolute atomic E-state index is 0.0170. The number of carbonyl (C=O) groups is 3. The van der Waals surface area contributed by atoms with Crippen LogP contribution in [0.1, 0.15) is 80.1 Å². The van der Waals surface area contributed by atoms with Gasteiger partial charge in [0.1, 0.15) is 11.6 Å². The number of unbranched alkanes of at least 4 members (excludes halogenated alkanes) is 2. The molecule has 0 aromatic heterocycles. The molecule has 0 aromatic carbocycles. The van der Waals surface area contributed by atoms with Gasteiger partial charge in [0.05, 0.1) is 24.5 Å². The molecule has 8 nitrogen and oxygen atoms in total. The molecule has 3 saturated heterocycles. The number of aliphatic hydroxyl groups is 1. The Morgan fingerprint density at radius 1 is 1.25 bits per heavy atom. The van der Waals surface area contributed by atoms with Gasteiger partial charge >= 0.3 is 5.97 Å². The first-order chi connectivity index (χ1) is 16.8. The van der Waals surface area contributed by atoms with E-state index in [0.717, 1.165) is 12.8 Å².